The normalized spacial score (nSPS) is 10.2. The van der Waals surface area contributed by atoms with Gasteiger partial charge in [0.15, 0.2) is 0 Å². The Bertz CT molecular complexity index is 766. The predicted molar refractivity (Wildman–Crippen MR) is 108 cm³/mol. The SMILES string of the molecule is Cc1ccc(/C=C/c2ccc(Cl)cc2)cc1.Cc1ccc(C=O)cc1. The average molecular weight is 349 g/mol. The van der Waals surface area contributed by atoms with Crippen molar-refractivity contribution in [1.29, 1.82) is 0 Å². The summed E-state index contributed by atoms with van der Waals surface area (Å²) in [5, 5.41) is 0.771. The highest BCUT2D eigenvalue weighted by Gasteiger charge is 1.89. The van der Waals surface area contributed by atoms with E-state index < -0.39 is 0 Å². The van der Waals surface area contributed by atoms with Crippen LogP contribution in [0.2, 0.25) is 5.02 Å². The Hall–Kier alpha value is -2.64. The topological polar surface area (TPSA) is 17.1 Å². The molecule has 3 rings (SSSR count). The molecule has 0 heterocycles. The minimum absolute atomic E-state index is 0.737. The van der Waals surface area contributed by atoms with Crippen LogP contribution in [0, 0.1) is 13.8 Å². The summed E-state index contributed by atoms with van der Waals surface area (Å²) in [5.41, 5.74) is 5.57. The number of benzene rings is 3. The van der Waals surface area contributed by atoms with E-state index in [-0.39, 0.29) is 0 Å². The molecule has 0 bridgehead atoms. The van der Waals surface area contributed by atoms with Gasteiger partial charge in [0, 0.05) is 10.6 Å². The van der Waals surface area contributed by atoms with Crippen molar-refractivity contribution in [2.45, 2.75) is 13.8 Å². The summed E-state index contributed by atoms with van der Waals surface area (Å²) >= 11 is 5.82. The van der Waals surface area contributed by atoms with Crippen LogP contribution in [0.25, 0.3) is 12.2 Å². The number of carbonyl (C=O) groups excluding carboxylic acids is 1. The molecule has 0 saturated heterocycles. The van der Waals surface area contributed by atoms with E-state index in [1.807, 2.05) is 55.5 Å². The molecule has 0 atom stereocenters. The molecule has 0 saturated carbocycles. The van der Waals surface area contributed by atoms with E-state index >= 15 is 0 Å². The smallest absolute Gasteiger partial charge is 0.150 e. The van der Waals surface area contributed by atoms with Crippen molar-refractivity contribution in [3.63, 3.8) is 0 Å². The predicted octanol–water partition coefficient (Wildman–Crippen LogP) is 6.63. The number of aldehydes is 1. The Balaban J connectivity index is 0.000000212. The van der Waals surface area contributed by atoms with Crippen LogP contribution in [-0.2, 0) is 0 Å². The minimum atomic E-state index is 0.737. The summed E-state index contributed by atoms with van der Waals surface area (Å²) in [4.78, 5) is 10.1. The molecule has 0 aliphatic heterocycles. The van der Waals surface area contributed by atoms with Crippen LogP contribution in [0.4, 0.5) is 0 Å². The minimum Gasteiger partial charge on any atom is -0.298 e. The monoisotopic (exact) mass is 348 g/mol. The average Bonchev–Trinajstić information content (AvgIpc) is 2.64. The molecule has 1 nitrogen and oxygen atoms in total. The quantitative estimate of drug-likeness (QED) is 0.383. The van der Waals surface area contributed by atoms with E-state index in [1.165, 1.54) is 16.7 Å². The zero-order chi connectivity index (χ0) is 18.1. The summed E-state index contributed by atoms with van der Waals surface area (Å²) in [5.74, 6) is 0. The van der Waals surface area contributed by atoms with Crippen molar-refractivity contribution in [3.05, 3.63) is 106 Å². The first-order valence-electron chi connectivity index (χ1n) is 8.09. The maximum Gasteiger partial charge on any atom is 0.150 e. The fourth-order valence-corrected chi connectivity index (χ4v) is 2.21. The molecule has 0 spiro atoms. The lowest BCUT2D eigenvalue weighted by atomic mass is 10.1. The first-order valence-corrected chi connectivity index (χ1v) is 8.47. The van der Waals surface area contributed by atoms with Crippen molar-refractivity contribution in [1.82, 2.24) is 0 Å². The second-order valence-corrected chi connectivity index (χ2v) is 6.26. The third-order valence-electron chi connectivity index (χ3n) is 3.63. The number of carbonyl (C=O) groups is 1. The second kappa shape index (κ2) is 9.61. The van der Waals surface area contributed by atoms with E-state index in [0.29, 0.717) is 0 Å². The number of halogens is 1. The molecule has 3 aromatic carbocycles. The van der Waals surface area contributed by atoms with Gasteiger partial charge in [0.05, 0.1) is 0 Å². The first-order chi connectivity index (χ1) is 12.1. The molecule has 126 valence electrons. The molecular formula is C23H21ClO. The highest BCUT2D eigenvalue weighted by atomic mass is 35.5. The van der Waals surface area contributed by atoms with Gasteiger partial charge in [-0.1, -0.05) is 95.5 Å². The number of hydrogen-bond acceptors (Lipinski definition) is 1. The molecule has 0 N–H and O–H groups in total. The zero-order valence-electron chi connectivity index (χ0n) is 14.4. The Kier molecular flexibility index (Phi) is 7.18. The highest BCUT2D eigenvalue weighted by molar-refractivity contribution is 6.30. The van der Waals surface area contributed by atoms with E-state index in [1.54, 1.807) is 0 Å². The van der Waals surface area contributed by atoms with Crippen LogP contribution in [0.15, 0.2) is 72.8 Å². The van der Waals surface area contributed by atoms with Crippen molar-refractivity contribution in [2.24, 2.45) is 0 Å². The molecule has 3 aromatic rings. The van der Waals surface area contributed by atoms with Crippen LogP contribution >= 0.6 is 11.6 Å². The fourth-order valence-electron chi connectivity index (χ4n) is 2.09. The summed E-state index contributed by atoms with van der Waals surface area (Å²) in [7, 11) is 0. The van der Waals surface area contributed by atoms with Gasteiger partial charge in [-0.3, -0.25) is 4.79 Å². The fraction of sp³-hybridized carbons (Fsp3) is 0.0870. The van der Waals surface area contributed by atoms with Gasteiger partial charge in [0.2, 0.25) is 0 Å². The van der Waals surface area contributed by atoms with Crippen LogP contribution in [0.5, 0.6) is 0 Å². The zero-order valence-corrected chi connectivity index (χ0v) is 15.2. The lowest BCUT2D eigenvalue weighted by molar-refractivity contribution is 0.112. The van der Waals surface area contributed by atoms with E-state index in [9.17, 15) is 4.79 Å². The van der Waals surface area contributed by atoms with Crippen molar-refractivity contribution >= 4 is 30.0 Å². The molecule has 0 aliphatic carbocycles. The van der Waals surface area contributed by atoms with Gasteiger partial charge in [-0.05, 0) is 37.1 Å². The van der Waals surface area contributed by atoms with Gasteiger partial charge >= 0.3 is 0 Å². The Morgan fingerprint density at radius 3 is 1.36 bits per heavy atom. The summed E-state index contributed by atoms with van der Waals surface area (Å²) < 4.78 is 0. The first kappa shape index (κ1) is 18.7. The Morgan fingerprint density at radius 2 is 0.960 bits per heavy atom. The van der Waals surface area contributed by atoms with Crippen LogP contribution in [-0.4, -0.2) is 6.29 Å². The van der Waals surface area contributed by atoms with Crippen molar-refractivity contribution in [2.75, 3.05) is 0 Å². The molecule has 0 unspecified atom stereocenters. The molecular weight excluding hydrogens is 328 g/mol. The van der Waals surface area contributed by atoms with E-state index in [2.05, 4.69) is 43.3 Å². The van der Waals surface area contributed by atoms with Gasteiger partial charge < -0.3 is 0 Å². The number of rotatable bonds is 3. The molecule has 2 heteroatoms. The summed E-state index contributed by atoms with van der Waals surface area (Å²) in [6.07, 6.45) is 5.03. The van der Waals surface area contributed by atoms with E-state index in [4.69, 9.17) is 11.6 Å². The van der Waals surface area contributed by atoms with Crippen molar-refractivity contribution < 1.29 is 4.79 Å². The Labute approximate surface area is 154 Å². The number of hydrogen-bond donors (Lipinski definition) is 0. The molecule has 25 heavy (non-hydrogen) atoms. The lowest BCUT2D eigenvalue weighted by Gasteiger charge is -1.96. The number of aryl methyl sites for hydroxylation is 2. The van der Waals surface area contributed by atoms with Crippen LogP contribution in [0.1, 0.15) is 32.6 Å². The maximum atomic E-state index is 10.1. The van der Waals surface area contributed by atoms with E-state index in [0.717, 1.165) is 22.4 Å². The third-order valence-corrected chi connectivity index (χ3v) is 3.88. The largest absolute Gasteiger partial charge is 0.298 e. The lowest BCUT2D eigenvalue weighted by Crippen LogP contribution is -1.77. The second-order valence-electron chi connectivity index (χ2n) is 5.82. The molecule has 0 aromatic heterocycles. The molecule has 0 aliphatic rings. The van der Waals surface area contributed by atoms with Gasteiger partial charge in [-0.2, -0.15) is 0 Å². The van der Waals surface area contributed by atoms with Gasteiger partial charge in [-0.15, -0.1) is 0 Å². The summed E-state index contributed by atoms with van der Waals surface area (Å²) in [6, 6.07) is 23.7. The van der Waals surface area contributed by atoms with Crippen LogP contribution in [0.3, 0.4) is 0 Å². The Morgan fingerprint density at radius 1 is 0.600 bits per heavy atom. The van der Waals surface area contributed by atoms with Gasteiger partial charge in [0.25, 0.3) is 0 Å². The molecule has 0 fully saturated rings. The molecule has 0 radical (unpaired) electrons. The maximum absolute atomic E-state index is 10.1. The van der Waals surface area contributed by atoms with Gasteiger partial charge in [-0.25, -0.2) is 0 Å². The molecule has 0 amide bonds. The third kappa shape index (κ3) is 6.78. The van der Waals surface area contributed by atoms with Crippen molar-refractivity contribution in [3.8, 4) is 0 Å². The highest BCUT2D eigenvalue weighted by Crippen LogP contribution is 2.13. The van der Waals surface area contributed by atoms with Crippen LogP contribution < -0.4 is 0 Å². The summed E-state index contributed by atoms with van der Waals surface area (Å²) in [6.45, 7) is 4.08. The standard InChI is InChI=1S/C15H13Cl.C8H8O/c1-12-2-4-13(5-3-12)6-7-14-8-10-15(16)11-9-14;1-7-2-4-8(6-9)5-3-7/h2-11H,1H3;2-6H,1H3/b7-6+;. The van der Waals surface area contributed by atoms with Gasteiger partial charge in [0.1, 0.15) is 6.29 Å².